The van der Waals surface area contributed by atoms with Gasteiger partial charge >= 0.3 is 0 Å². The van der Waals surface area contributed by atoms with Crippen molar-refractivity contribution in [3.8, 4) is 0 Å². The Morgan fingerprint density at radius 3 is 2.53 bits per heavy atom. The molecule has 0 bridgehead atoms. The van der Waals surface area contributed by atoms with Gasteiger partial charge in [-0.05, 0) is 19.9 Å². The van der Waals surface area contributed by atoms with Crippen LogP contribution in [0.25, 0.3) is 0 Å². The molecule has 0 rings (SSSR count). The van der Waals surface area contributed by atoms with Crippen LogP contribution in [0.5, 0.6) is 0 Å². The van der Waals surface area contributed by atoms with Gasteiger partial charge in [0, 0.05) is 6.54 Å². The van der Waals surface area contributed by atoms with Gasteiger partial charge in [0.1, 0.15) is 0 Å². The summed E-state index contributed by atoms with van der Waals surface area (Å²) in [5.74, 6) is 0.0223. The minimum absolute atomic E-state index is 0.00683. The van der Waals surface area contributed by atoms with Crippen LogP contribution >= 0.6 is 12.2 Å². The number of carbonyl (C=O) groups excluding carboxylic acids is 1. The zero-order valence-electron chi connectivity index (χ0n) is 9.75. The molecule has 0 saturated carbocycles. The van der Waals surface area contributed by atoms with Crippen molar-refractivity contribution in [1.29, 1.82) is 0 Å². The maximum atomic E-state index is 11.4. The van der Waals surface area contributed by atoms with Gasteiger partial charge in [-0.2, -0.15) is 0 Å². The third-order valence-corrected chi connectivity index (χ3v) is 2.48. The number of thiocarbonyl (C=S) groups is 1. The van der Waals surface area contributed by atoms with Gasteiger partial charge in [-0.1, -0.05) is 26.1 Å². The first-order valence-electron chi connectivity index (χ1n) is 5.29. The second-order valence-electron chi connectivity index (χ2n) is 3.59. The lowest BCUT2D eigenvalue weighted by Crippen LogP contribution is -2.45. The van der Waals surface area contributed by atoms with E-state index < -0.39 is 0 Å². The first-order chi connectivity index (χ1) is 7.02. The van der Waals surface area contributed by atoms with Gasteiger partial charge in [0.05, 0.1) is 17.6 Å². The Kier molecular flexibility index (Phi) is 7.25. The standard InChI is InChI=1S/C10H21N3OS/c1-4-6-12-9(14)7-13(3)8(5-2)10(11)15/h8H,4-7H2,1-3H3,(H2,11,15)(H,12,14). The first-order valence-corrected chi connectivity index (χ1v) is 5.70. The lowest BCUT2D eigenvalue weighted by Gasteiger charge is -2.25. The number of nitrogens with zero attached hydrogens (tertiary/aromatic N) is 1. The van der Waals surface area contributed by atoms with Crippen molar-refractivity contribution in [2.75, 3.05) is 20.1 Å². The topological polar surface area (TPSA) is 58.4 Å². The maximum Gasteiger partial charge on any atom is 0.234 e. The SMILES string of the molecule is CCCNC(=O)CN(C)C(CC)C(N)=S. The van der Waals surface area contributed by atoms with Crippen LogP contribution < -0.4 is 11.1 Å². The van der Waals surface area contributed by atoms with Gasteiger partial charge in [0.2, 0.25) is 5.91 Å². The highest BCUT2D eigenvalue weighted by atomic mass is 32.1. The van der Waals surface area contributed by atoms with E-state index in [0.717, 1.165) is 19.4 Å². The van der Waals surface area contributed by atoms with Crippen molar-refractivity contribution in [1.82, 2.24) is 10.2 Å². The van der Waals surface area contributed by atoms with E-state index in [-0.39, 0.29) is 11.9 Å². The molecule has 0 saturated heterocycles. The van der Waals surface area contributed by atoms with Gasteiger partial charge in [0.25, 0.3) is 0 Å². The van der Waals surface area contributed by atoms with E-state index in [1.807, 2.05) is 25.8 Å². The van der Waals surface area contributed by atoms with Crippen LogP contribution in [0.15, 0.2) is 0 Å². The number of nitrogens with two attached hydrogens (primary N) is 1. The van der Waals surface area contributed by atoms with Crippen molar-refractivity contribution >= 4 is 23.1 Å². The van der Waals surface area contributed by atoms with Gasteiger partial charge in [-0.3, -0.25) is 9.69 Å². The average Bonchev–Trinajstić information content (AvgIpc) is 2.15. The molecule has 0 aromatic carbocycles. The predicted molar refractivity (Wildman–Crippen MR) is 66.8 cm³/mol. The van der Waals surface area contributed by atoms with Crippen LogP contribution in [0.2, 0.25) is 0 Å². The normalized spacial score (nSPS) is 12.5. The maximum absolute atomic E-state index is 11.4. The van der Waals surface area contributed by atoms with Crippen molar-refractivity contribution < 1.29 is 4.79 Å². The first kappa shape index (κ1) is 14.3. The molecule has 88 valence electrons. The van der Waals surface area contributed by atoms with Crippen LogP contribution in [0.1, 0.15) is 26.7 Å². The van der Waals surface area contributed by atoms with Crippen molar-refractivity contribution in [3.63, 3.8) is 0 Å². The molecule has 1 amide bonds. The molecule has 4 nitrogen and oxygen atoms in total. The number of amides is 1. The van der Waals surface area contributed by atoms with Gasteiger partial charge in [-0.15, -0.1) is 0 Å². The van der Waals surface area contributed by atoms with Crippen molar-refractivity contribution in [2.45, 2.75) is 32.7 Å². The molecule has 0 aliphatic carbocycles. The molecule has 0 aliphatic heterocycles. The summed E-state index contributed by atoms with van der Waals surface area (Å²) >= 11 is 4.94. The van der Waals surface area contributed by atoms with Gasteiger partial charge in [-0.25, -0.2) is 0 Å². The summed E-state index contributed by atoms with van der Waals surface area (Å²) in [6.07, 6.45) is 1.77. The highest BCUT2D eigenvalue weighted by Crippen LogP contribution is 2.01. The summed E-state index contributed by atoms with van der Waals surface area (Å²) in [7, 11) is 1.86. The van der Waals surface area contributed by atoms with Crippen molar-refractivity contribution in [3.05, 3.63) is 0 Å². The zero-order valence-corrected chi connectivity index (χ0v) is 10.6. The number of carbonyl (C=O) groups is 1. The fourth-order valence-electron chi connectivity index (χ4n) is 1.39. The summed E-state index contributed by atoms with van der Waals surface area (Å²) in [4.78, 5) is 13.7. The Balaban J connectivity index is 4.04. The van der Waals surface area contributed by atoms with E-state index in [4.69, 9.17) is 18.0 Å². The molecule has 5 heteroatoms. The van der Waals surface area contributed by atoms with Crippen LogP contribution in [0.4, 0.5) is 0 Å². The summed E-state index contributed by atoms with van der Waals surface area (Å²) in [6.45, 7) is 5.09. The fraction of sp³-hybridized carbons (Fsp3) is 0.800. The summed E-state index contributed by atoms with van der Waals surface area (Å²) in [6, 6.07) is 0.00683. The largest absolute Gasteiger partial charge is 0.392 e. The summed E-state index contributed by atoms with van der Waals surface area (Å²) in [5.41, 5.74) is 5.58. The number of hydrogen-bond acceptors (Lipinski definition) is 3. The Bertz CT molecular complexity index is 221. The van der Waals surface area contributed by atoms with Gasteiger partial charge in [0.15, 0.2) is 0 Å². The van der Waals surface area contributed by atoms with E-state index in [1.54, 1.807) is 0 Å². The molecule has 15 heavy (non-hydrogen) atoms. The molecule has 0 aliphatic rings. The molecule has 0 spiro atoms. The van der Waals surface area contributed by atoms with Crippen molar-refractivity contribution in [2.24, 2.45) is 5.73 Å². The number of hydrogen-bond donors (Lipinski definition) is 2. The van der Waals surface area contributed by atoms with Crippen LogP contribution in [-0.2, 0) is 4.79 Å². The molecule has 0 radical (unpaired) electrons. The minimum Gasteiger partial charge on any atom is -0.392 e. The Morgan fingerprint density at radius 1 is 1.53 bits per heavy atom. The number of nitrogens with one attached hydrogen (secondary N) is 1. The zero-order chi connectivity index (χ0) is 11.8. The van der Waals surface area contributed by atoms with Crippen LogP contribution in [-0.4, -0.2) is 42.0 Å². The monoisotopic (exact) mass is 231 g/mol. The van der Waals surface area contributed by atoms with Crippen LogP contribution in [0.3, 0.4) is 0 Å². The minimum atomic E-state index is 0.00683. The number of rotatable bonds is 7. The fourth-order valence-corrected chi connectivity index (χ4v) is 1.73. The van der Waals surface area contributed by atoms with Gasteiger partial charge < -0.3 is 11.1 Å². The molecule has 0 fully saturated rings. The summed E-state index contributed by atoms with van der Waals surface area (Å²) < 4.78 is 0. The predicted octanol–water partition coefficient (Wildman–Crippen LogP) is 0.509. The van der Waals surface area contributed by atoms with E-state index >= 15 is 0 Å². The third-order valence-electron chi connectivity index (χ3n) is 2.21. The Labute approximate surface area is 97.2 Å². The molecular weight excluding hydrogens is 210 g/mol. The second-order valence-corrected chi connectivity index (χ2v) is 4.06. The smallest absolute Gasteiger partial charge is 0.234 e. The highest BCUT2D eigenvalue weighted by Gasteiger charge is 2.17. The molecule has 0 heterocycles. The van der Waals surface area contributed by atoms with Crippen LogP contribution in [0, 0.1) is 0 Å². The van der Waals surface area contributed by atoms with E-state index in [0.29, 0.717) is 11.5 Å². The Hall–Kier alpha value is -0.680. The molecule has 0 aromatic rings. The Morgan fingerprint density at radius 2 is 2.13 bits per heavy atom. The number of likely N-dealkylation sites (N-methyl/N-ethyl adjacent to an activating group) is 1. The molecular formula is C10H21N3OS. The summed E-state index contributed by atoms with van der Waals surface area (Å²) in [5, 5.41) is 2.82. The lowest BCUT2D eigenvalue weighted by molar-refractivity contribution is -0.122. The molecule has 1 atom stereocenters. The molecule has 0 aromatic heterocycles. The quantitative estimate of drug-likeness (QED) is 0.627. The van der Waals surface area contributed by atoms with E-state index in [9.17, 15) is 4.79 Å². The molecule has 3 N–H and O–H groups in total. The van der Waals surface area contributed by atoms with E-state index in [2.05, 4.69) is 5.32 Å². The second kappa shape index (κ2) is 7.59. The molecule has 1 unspecified atom stereocenters. The lowest BCUT2D eigenvalue weighted by atomic mass is 10.2. The highest BCUT2D eigenvalue weighted by molar-refractivity contribution is 7.80. The average molecular weight is 231 g/mol. The van der Waals surface area contributed by atoms with E-state index in [1.165, 1.54) is 0 Å². The third kappa shape index (κ3) is 5.69.